The van der Waals surface area contributed by atoms with E-state index in [0.717, 1.165) is 58.5 Å². The molecule has 10 heteroatoms. The number of carbonyl (C=O) groups excluding carboxylic acids is 1. The van der Waals surface area contributed by atoms with E-state index < -0.39 is 28.5 Å². The Kier molecular flexibility index (Phi) is 5.87. The van der Waals surface area contributed by atoms with Gasteiger partial charge in [-0.05, 0) is 50.3 Å². The number of alkyl halides is 3. The molecule has 31 heavy (non-hydrogen) atoms. The smallest absolute Gasteiger partial charge is 0.369 e. The van der Waals surface area contributed by atoms with Gasteiger partial charge in [-0.3, -0.25) is 14.2 Å². The summed E-state index contributed by atoms with van der Waals surface area (Å²) in [7, 11) is 0. The van der Waals surface area contributed by atoms with Gasteiger partial charge >= 0.3 is 6.18 Å². The van der Waals surface area contributed by atoms with Crippen molar-refractivity contribution < 1.29 is 18.0 Å². The van der Waals surface area contributed by atoms with E-state index in [1.54, 1.807) is 0 Å². The zero-order valence-corrected chi connectivity index (χ0v) is 18.3. The first-order valence-electron chi connectivity index (χ1n) is 9.88. The molecule has 2 N–H and O–H groups in total. The predicted octanol–water partition coefficient (Wildman–Crippen LogP) is 4.70. The summed E-state index contributed by atoms with van der Waals surface area (Å²) < 4.78 is 42.3. The number of amides is 1. The molecular weight excluding hydrogens is 447 g/mol. The molecule has 0 saturated heterocycles. The fraction of sp³-hybridized carbons (Fsp3) is 0.381. The van der Waals surface area contributed by atoms with Crippen molar-refractivity contribution in [2.45, 2.75) is 55.6 Å². The highest BCUT2D eigenvalue weighted by atomic mass is 32.2. The van der Waals surface area contributed by atoms with Crippen LogP contribution in [0.3, 0.4) is 0 Å². The van der Waals surface area contributed by atoms with Gasteiger partial charge in [0, 0.05) is 4.88 Å². The maximum Gasteiger partial charge on any atom is 0.418 e. The summed E-state index contributed by atoms with van der Waals surface area (Å²) in [6, 6.07) is 4.91. The maximum atomic E-state index is 13.8. The van der Waals surface area contributed by atoms with Crippen molar-refractivity contribution in [2.24, 2.45) is 5.73 Å². The van der Waals surface area contributed by atoms with E-state index in [0.29, 0.717) is 16.6 Å². The Bertz CT molecular complexity index is 1220. The van der Waals surface area contributed by atoms with E-state index >= 15 is 0 Å². The largest absolute Gasteiger partial charge is 0.418 e. The molecule has 0 bridgehead atoms. The Labute approximate surface area is 184 Å². The highest BCUT2D eigenvalue weighted by Gasteiger charge is 2.35. The van der Waals surface area contributed by atoms with Crippen molar-refractivity contribution >= 4 is 39.2 Å². The van der Waals surface area contributed by atoms with Crippen molar-refractivity contribution in [2.75, 3.05) is 0 Å². The number of primary amides is 1. The second-order valence-electron chi connectivity index (χ2n) is 7.46. The number of aromatic nitrogens is 2. The number of halogens is 3. The van der Waals surface area contributed by atoms with Crippen LogP contribution in [0.4, 0.5) is 13.2 Å². The molecule has 0 fully saturated rings. The molecule has 1 unspecified atom stereocenters. The van der Waals surface area contributed by atoms with E-state index in [4.69, 9.17) is 5.73 Å². The van der Waals surface area contributed by atoms with Crippen molar-refractivity contribution in [3.63, 3.8) is 0 Å². The van der Waals surface area contributed by atoms with Gasteiger partial charge in [-0.15, -0.1) is 11.3 Å². The summed E-state index contributed by atoms with van der Waals surface area (Å²) >= 11 is 2.30. The minimum absolute atomic E-state index is 0.0249. The molecule has 5 nitrogen and oxygen atoms in total. The Morgan fingerprint density at radius 1 is 1.23 bits per heavy atom. The number of fused-ring (bicyclic) bond motifs is 3. The van der Waals surface area contributed by atoms with Gasteiger partial charge in [0.1, 0.15) is 4.83 Å². The molecule has 1 aliphatic rings. The highest BCUT2D eigenvalue weighted by molar-refractivity contribution is 8.00. The number of nitrogens with zero attached hydrogens (tertiary/aromatic N) is 2. The zero-order valence-electron chi connectivity index (χ0n) is 16.7. The third kappa shape index (κ3) is 4.10. The van der Waals surface area contributed by atoms with Crippen LogP contribution in [0.25, 0.3) is 15.9 Å². The van der Waals surface area contributed by atoms with Crippen molar-refractivity contribution in [3.8, 4) is 5.69 Å². The van der Waals surface area contributed by atoms with Crippen LogP contribution < -0.4 is 11.3 Å². The van der Waals surface area contributed by atoms with Gasteiger partial charge in [-0.25, -0.2) is 4.98 Å². The summed E-state index contributed by atoms with van der Waals surface area (Å²) in [5.74, 6) is -0.642. The first-order valence-corrected chi connectivity index (χ1v) is 11.6. The van der Waals surface area contributed by atoms with Crippen LogP contribution in [0.1, 0.15) is 42.2 Å². The molecule has 1 aliphatic carbocycles. The third-order valence-corrected chi connectivity index (χ3v) is 7.60. The first kappa shape index (κ1) is 21.9. The number of thioether (sulfide) groups is 1. The van der Waals surface area contributed by atoms with E-state index in [2.05, 4.69) is 4.98 Å². The number of hydrogen-bond donors (Lipinski definition) is 1. The molecule has 1 aromatic carbocycles. The molecule has 164 valence electrons. The summed E-state index contributed by atoms with van der Waals surface area (Å²) in [4.78, 5) is 31.4. The van der Waals surface area contributed by atoms with Gasteiger partial charge < -0.3 is 5.73 Å². The highest BCUT2D eigenvalue weighted by Crippen LogP contribution is 2.38. The monoisotopic (exact) mass is 467 g/mol. The fourth-order valence-electron chi connectivity index (χ4n) is 3.78. The lowest BCUT2D eigenvalue weighted by atomic mass is 10.1. The molecule has 0 saturated carbocycles. The summed E-state index contributed by atoms with van der Waals surface area (Å²) in [6.07, 6.45) is -0.149. The van der Waals surface area contributed by atoms with Crippen LogP contribution in [-0.2, 0) is 23.8 Å². The number of benzene rings is 1. The predicted molar refractivity (Wildman–Crippen MR) is 116 cm³/mol. The van der Waals surface area contributed by atoms with E-state index in [1.807, 2.05) is 0 Å². The van der Waals surface area contributed by atoms with Crippen molar-refractivity contribution in [1.82, 2.24) is 9.55 Å². The van der Waals surface area contributed by atoms with Crippen molar-refractivity contribution in [1.29, 1.82) is 0 Å². The van der Waals surface area contributed by atoms with E-state index in [1.165, 1.54) is 36.5 Å². The van der Waals surface area contributed by atoms with E-state index in [-0.39, 0.29) is 10.8 Å². The molecule has 4 rings (SSSR count). The van der Waals surface area contributed by atoms with E-state index in [9.17, 15) is 22.8 Å². The number of rotatable bonds is 4. The summed E-state index contributed by atoms with van der Waals surface area (Å²) in [6.45, 7) is 1.53. The Balaban J connectivity index is 2.05. The van der Waals surface area contributed by atoms with Crippen LogP contribution in [0.15, 0.2) is 34.2 Å². The minimum Gasteiger partial charge on any atom is -0.369 e. The van der Waals surface area contributed by atoms with Gasteiger partial charge in [0.25, 0.3) is 5.56 Å². The van der Waals surface area contributed by atoms with Crippen LogP contribution in [-0.4, -0.2) is 20.7 Å². The number of thiophene rings is 1. The average molecular weight is 468 g/mol. The lowest BCUT2D eigenvalue weighted by molar-refractivity contribution is -0.137. The topological polar surface area (TPSA) is 78.0 Å². The zero-order chi connectivity index (χ0) is 22.3. The lowest BCUT2D eigenvalue weighted by Crippen LogP contribution is -2.27. The molecule has 2 heterocycles. The molecule has 1 amide bonds. The number of para-hydroxylation sites is 1. The van der Waals surface area contributed by atoms with Gasteiger partial charge in [0.05, 0.1) is 21.9 Å². The average Bonchev–Trinajstić information content (AvgIpc) is 2.89. The Morgan fingerprint density at radius 3 is 2.65 bits per heavy atom. The lowest BCUT2D eigenvalue weighted by Gasteiger charge is -2.18. The minimum atomic E-state index is -4.66. The molecule has 2 aromatic heterocycles. The van der Waals surface area contributed by atoms with Crippen LogP contribution in [0.2, 0.25) is 0 Å². The SMILES string of the molecule is CC(Sc1nc2sc3c(c2c(=O)n1-c1ccccc1C(F)(F)F)CCCCC3)C(N)=O. The third-order valence-electron chi connectivity index (χ3n) is 5.34. The van der Waals surface area contributed by atoms with Crippen LogP contribution in [0, 0.1) is 0 Å². The van der Waals surface area contributed by atoms with Crippen molar-refractivity contribution in [3.05, 3.63) is 50.6 Å². The Hall–Kier alpha value is -2.33. The number of aryl methyl sites for hydroxylation is 2. The normalized spacial score (nSPS) is 15.5. The molecule has 3 aromatic rings. The molecular formula is C21H20F3N3O2S2. The second-order valence-corrected chi connectivity index (χ2v) is 9.85. The standard InChI is InChI=1S/C21H20F3N3O2S2/c1-11(17(25)28)30-20-26-18-16(12-7-3-2-4-10-15(12)31-18)19(29)27(20)14-9-6-5-8-13(14)21(22,23)24/h5-6,8-9,11H,2-4,7,10H2,1H3,(H2,25,28). The van der Waals surface area contributed by atoms with Gasteiger partial charge in [-0.1, -0.05) is 30.3 Å². The second kappa shape index (κ2) is 8.31. The number of carbonyl (C=O) groups is 1. The van der Waals surface area contributed by atoms with Gasteiger partial charge in [-0.2, -0.15) is 13.2 Å². The first-order chi connectivity index (χ1) is 14.7. The number of hydrogen-bond acceptors (Lipinski definition) is 5. The quantitative estimate of drug-likeness (QED) is 0.343. The fourth-order valence-corrected chi connectivity index (χ4v) is 5.95. The van der Waals surface area contributed by atoms with Gasteiger partial charge in [0.15, 0.2) is 5.16 Å². The van der Waals surface area contributed by atoms with Crippen LogP contribution in [0.5, 0.6) is 0 Å². The summed E-state index contributed by atoms with van der Waals surface area (Å²) in [5, 5.41) is -0.363. The summed E-state index contributed by atoms with van der Waals surface area (Å²) in [5.41, 5.74) is 4.48. The van der Waals surface area contributed by atoms with Gasteiger partial charge in [0.2, 0.25) is 5.91 Å². The number of nitrogens with two attached hydrogens (primary N) is 1. The molecule has 0 aliphatic heterocycles. The maximum absolute atomic E-state index is 13.8. The molecule has 1 atom stereocenters. The van der Waals surface area contributed by atoms with Crippen LogP contribution >= 0.6 is 23.1 Å². The molecule has 0 radical (unpaired) electrons. The Morgan fingerprint density at radius 2 is 1.94 bits per heavy atom. The molecule has 0 spiro atoms.